The standard InChI is InChI=1S/C11H8ClN3O2S/c12-6-1-2-10-8(3-6)9(16)4-7(17-10)5-14-15-11(13)18/h1-5H,(H3,13,15,18)/b14-5+. The molecule has 0 bridgehead atoms. The summed E-state index contributed by atoms with van der Waals surface area (Å²) in [6.45, 7) is 0. The van der Waals surface area contributed by atoms with Gasteiger partial charge in [0.2, 0.25) is 0 Å². The lowest BCUT2D eigenvalue weighted by atomic mass is 10.2. The van der Waals surface area contributed by atoms with E-state index in [-0.39, 0.29) is 10.5 Å². The molecule has 5 nitrogen and oxygen atoms in total. The smallest absolute Gasteiger partial charge is 0.193 e. The minimum atomic E-state index is -0.199. The zero-order valence-electron chi connectivity index (χ0n) is 9.01. The highest BCUT2D eigenvalue weighted by atomic mass is 35.5. The Morgan fingerprint density at radius 2 is 2.28 bits per heavy atom. The molecule has 0 amide bonds. The molecule has 0 aliphatic rings. The zero-order valence-corrected chi connectivity index (χ0v) is 10.6. The van der Waals surface area contributed by atoms with Crippen molar-refractivity contribution in [2.24, 2.45) is 10.8 Å². The first-order valence-electron chi connectivity index (χ1n) is 4.88. The maximum atomic E-state index is 11.8. The van der Waals surface area contributed by atoms with Crippen LogP contribution < -0.4 is 16.6 Å². The molecule has 0 saturated carbocycles. The third-order valence-electron chi connectivity index (χ3n) is 2.07. The van der Waals surface area contributed by atoms with Crippen molar-refractivity contribution < 1.29 is 4.42 Å². The number of hydrazone groups is 1. The van der Waals surface area contributed by atoms with Crippen molar-refractivity contribution in [3.8, 4) is 0 Å². The molecular weight excluding hydrogens is 274 g/mol. The second-order valence-corrected chi connectivity index (χ2v) is 4.26. The highest BCUT2D eigenvalue weighted by Crippen LogP contribution is 2.16. The first-order chi connectivity index (χ1) is 8.56. The Bertz CT molecular complexity index is 696. The lowest BCUT2D eigenvalue weighted by Crippen LogP contribution is -2.24. The predicted molar refractivity (Wildman–Crippen MR) is 75.0 cm³/mol. The Morgan fingerprint density at radius 1 is 1.50 bits per heavy atom. The fourth-order valence-corrected chi connectivity index (χ4v) is 1.60. The summed E-state index contributed by atoms with van der Waals surface area (Å²) in [4.78, 5) is 11.8. The van der Waals surface area contributed by atoms with Crippen molar-refractivity contribution in [2.75, 3.05) is 0 Å². The number of hydrogen-bond donors (Lipinski definition) is 2. The first kappa shape index (κ1) is 12.5. The van der Waals surface area contributed by atoms with Crippen LogP contribution in [0.15, 0.2) is 38.6 Å². The van der Waals surface area contributed by atoms with Crippen LogP contribution in [0.25, 0.3) is 11.0 Å². The quantitative estimate of drug-likeness (QED) is 0.497. The molecule has 1 heterocycles. The Labute approximate surface area is 112 Å². The largest absolute Gasteiger partial charge is 0.455 e. The number of nitrogens with two attached hydrogens (primary N) is 1. The number of thiocarbonyl (C=S) groups is 1. The van der Waals surface area contributed by atoms with Gasteiger partial charge in [-0.25, -0.2) is 0 Å². The molecule has 0 radical (unpaired) electrons. The molecule has 7 heteroatoms. The maximum absolute atomic E-state index is 11.8. The Balaban J connectivity index is 2.43. The molecule has 18 heavy (non-hydrogen) atoms. The van der Waals surface area contributed by atoms with Crippen LogP contribution >= 0.6 is 23.8 Å². The van der Waals surface area contributed by atoms with Crippen molar-refractivity contribution in [1.82, 2.24) is 5.43 Å². The van der Waals surface area contributed by atoms with Crippen LogP contribution in [-0.2, 0) is 0 Å². The van der Waals surface area contributed by atoms with Gasteiger partial charge in [-0.15, -0.1) is 0 Å². The average Bonchev–Trinajstić information content (AvgIpc) is 2.30. The first-order valence-corrected chi connectivity index (χ1v) is 5.67. The van der Waals surface area contributed by atoms with E-state index in [1.165, 1.54) is 12.3 Å². The Kier molecular flexibility index (Phi) is 3.59. The summed E-state index contributed by atoms with van der Waals surface area (Å²) in [6, 6.07) is 6.12. The molecular formula is C11H8ClN3O2S. The van der Waals surface area contributed by atoms with Crippen LogP contribution in [0.5, 0.6) is 0 Å². The summed E-state index contributed by atoms with van der Waals surface area (Å²) in [6.07, 6.45) is 1.31. The average molecular weight is 282 g/mol. The summed E-state index contributed by atoms with van der Waals surface area (Å²) in [5.41, 5.74) is 7.79. The van der Waals surface area contributed by atoms with Crippen LogP contribution in [-0.4, -0.2) is 11.3 Å². The molecule has 0 atom stereocenters. The van der Waals surface area contributed by atoms with Crippen molar-refractivity contribution in [1.29, 1.82) is 0 Å². The number of fused-ring (bicyclic) bond motifs is 1. The van der Waals surface area contributed by atoms with Crippen LogP contribution in [0.2, 0.25) is 5.02 Å². The van der Waals surface area contributed by atoms with Gasteiger partial charge in [0.15, 0.2) is 16.3 Å². The van der Waals surface area contributed by atoms with Crippen molar-refractivity contribution in [3.05, 3.63) is 45.3 Å². The second kappa shape index (κ2) is 5.16. The van der Waals surface area contributed by atoms with Gasteiger partial charge in [0.05, 0.1) is 11.6 Å². The van der Waals surface area contributed by atoms with Crippen LogP contribution in [0, 0.1) is 0 Å². The van der Waals surface area contributed by atoms with E-state index in [0.29, 0.717) is 21.8 Å². The third kappa shape index (κ3) is 2.85. The van der Waals surface area contributed by atoms with Crippen LogP contribution in [0.3, 0.4) is 0 Å². The minimum absolute atomic E-state index is 0.0289. The van der Waals surface area contributed by atoms with Gasteiger partial charge in [-0.3, -0.25) is 10.2 Å². The van der Waals surface area contributed by atoms with E-state index in [9.17, 15) is 4.79 Å². The fourth-order valence-electron chi connectivity index (χ4n) is 1.37. The number of hydrogen-bond acceptors (Lipinski definition) is 4. The summed E-state index contributed by atoms with van der Waals surface area (Å²) >= 11 is 10.4. The molecule has 0 spiro atoms. The second-order valence-electron chi connectivity index (χ2n) is 3.39. The minimum Gasteiger partial charge on any atom is -0.455 e. The molecule has 1 aromatic carbocycles. The van der Waals surface area contributed by atoms with Gasteiger partial charge in [0.25, 0.3) is 0 Å². The zero-order chi connectivity index (χ0) is 13.1. The molecule has 3 N–H and O–H groups in total. The molecule has 0 unspecified atom stereocenters. The summed E-state index contributed by atoms with van der Waals surface area (Å²) in [5, 5.41) is 4.63. The van der Waals surface area contributed by atoms with E-state index in [2.05, 4.69) is 22.7 Å². The lowest BCUT2D eigenvalue weighted by Gasteiger charge is -1.99. The predicted octanol–water partition coefficient (Wildman–Crippen LogP) is 1.61. The summed E-state index contributed by atoms with van der Waals surface area (Å²) < 4.78 is 5.45. The van der Waals surface area contributed by atoms with Gasteiger partial charge in [-0.1, -0.05) is 11.6 Å². The van der Waals surface area contributed by atoms with Gasteiger partial charge in [0, 0.05) is 11.1 Å². The SMILES string of the molecule is NC(=S)N/N=C/c1cc(=O)c2cc(Cl)ccc2o1. The van der Waals surface area contributed by atoms with Gasteiger partial charge in [-0.05, 0) is 30.4 Å². The normalized spacial score (nSPS) is 10.9. The van der Waals surface area contributed by atoms with E-state index < -0.39 is 0 Å². The molecule has 1 aromatic heterocycles. The van der Waals surface area contributed by atoms with Crippen LogP contribution in [0.4, 0.5) is 0 Å². The molecule has 0 saturated heterocycles. The van der Waals surface area contributed by atoms with E-state index >= 15 is 0 Å². The van der Waals surface area contributed by atoms with Crippen molar-refractivity contribution in [3.63, 3.8) is 0 Å². The van der Waals surface area contributed by atoms with E-state index in [4.69, 9.17) is 21.8 Å². The summed E-state index contributed by atoms with van der Waals surface area (Å²) in [5.74, 6) is 0.290. The fraction of sp³-hybridized carbons (Fsp3) is 0. The van der Waals surface area contributed by atoms with Crippen molar-refractivity contribution in [2.45, 2.75) is 0 Å². The summed E-state index contributed by atoms with van der Waals surface area (Å²) in [7, 11) is 0. The molecule has 2 rings (SSSR count). The van der Waals surface area contributed by atoms with Crippen LogP contribution in [0.1, 0.15) is 5.76 Å². The van der Waals surface area contributed by atoms with Gasteiger partial charge in [0.1, 0.15) is 5.58 Å². The third-order valence-corrected chi connectivity index (χ3v) is 2.40. The number of nitrogens with one attached hydrogen (secondary N) is 1. The van der Waals surface area contributed by atoms with Gasteiger partial charge in [-0.2, -0.15) is 5.10 Å². The lowest BCUT2D eigenvalue weighted by molar-refractivity contribution is 0.594. The topological polar surface area (TPSA) is 80.6 Å². The number of nitrogens with zero attached hydrogens (tertiary/aromatic N) is 1. The van der Waals surface area contributed by atoms with E-state index in [1.807, 2.05) is 0 Å². The Morgan fingerprint density at radius 3 is 3.00 bits per heavy atom. The monoisotopic (exact) mass is 281 g/mol. The van der Waals surface area contributed by atoms with Gasteiger partial charge >= 0.3 is 0 Å². The highest BCUT2D eigenvalue weighted by Gasteiger charge is 2.03. The molecule has 92 valence electrons. The highest BCUT2D eigenvalue weighted by molar-refractivity contribution is 7.80. The maximum Gasteiger partial charge on any atom is 0.193 e. The number of benzene rings is 1. The number of rotatable bonds is 2. The molecule has 0 aliphatic carbocycles. The van der Waals surface area contributed by atoms with E-state index in [1.54, 1.807) is 18.2 Å². The van der Waals surface area contributed by atoms with Crippen molar-refractivity contribution >= 4 is 46.1 Å². The van der Waals surface area contributed by atoms with Gasteiger partial charge < -0.3 is 10.2 Å². The molecule has 2 aromatic rings. The molecule has 0 aliphatic heterocycles. The van der Waals surface area contributed by atoms with E-state index in [0.717, 1.165) is 0 Å². The molecule has 0 fully saturated rings. The number of halogens is 1. The Hall–Kier alpha value is -1.92.